The molecule has 0 radical (unpaired) electrons. The first-order chi connectivity index (χ1) is 10.3. The number of nitrogen functional groups attached to an aromatic ring is 1. The molecular formula is C16H12N4O. The van der Waals surface area contributed by atoms with Crippen LogP contribution in [0.3, 0.4) is 0 Å². The molecule has 1 aromatic heterocycles. The number of fused-ring (bicyclic) bond motifs is 1. The number of rotatable bonds is 3. The summed E-state index contributed by atoms with van der Waals surface area (Å²) in [6.45, 7) is 0. The fourth-order valence-electron chi connectivity index (χ4n) is 2.01. The minimum atomic E-state index is 0.385. The summed E-state index contributed by atoms with van der Waals surface area (Å²) in [7, 11) is 0. The lowest BCUT2D eigenvalue weighted by atomic mass is 10.2. The highest BCUT2D eigenvalue weighted by Gasteiger charge is 2.06. The zero-order valence-corrected chi connectivity index (χ0v) is 11.2. The Labute approximate surface area is 121 Å². The second-order valence-electron chi connectivity index (χ2n) is 4.54. The summed E-state index contributed by atoms with van der Waals surface area (Å²) in [6, 6.07) is 14.9. The van der Waals surface area contributed by atoms with Gasteiger partial charge in [-0.25, -0.2) is 9.97 Å². The van der Waals surface area contributed by atoms with Gasteiger partial charge in [-0.1, -0.05) is 12.1 Å². The molecule has 0 aliphatic heterocycles. The fraction of sp³-hybridized carbons (Fsp3) is 0.0625. The second kappa shape index (κ2) is 5.47. The molecule has 0 aliphatic carbocycles. The molecule has 0 atom stereocenters. The standard InChI is InChI=1S/C16H12N4O/c17-8-7-11-1-4-13(5-2-11)21-16-14-6-3-12(18)9-15(14)19-10-20-16/h1-6,9-10H,7,18H2. The minimum absolute atomic E-state index is 0.385. The fourth-order valence-corrected chi connectivity index (χ4v) is 2.01. The van der Waals surface area contributed by atoms with Gasteiger partial charge in [0.1, 0.15) is 12.1 Å². The third-order valence-electron chi connectivity index (χ3n) is 3.05. The number of hydrogen-bond donors (Lipinski definition) is 1. The van der Waals surface area contributed by atoms with E-state index in [9.17, 15) is 0 Å². The number of hydrogen-bond acceptors (Lipinski definition) is 5. The van der Waals surface area contributed by atoms with E-state index in [4.69, 9.17) is 15.7 Å². The summed E-state index contributed by atoms with van der Waals surface area (Å²) in [6.07, 6.45) is 1.83. The van der Waals surface area contributed by atoms with Crippen molar-refractivity contribution >= 4 is 16.6 Å². The van der Waals surface area contributed by atoms with Crippen LogP contribution in [-0.2, 0) is 6.42 Å². The highest BCUT2D eigenvalue weighted by Crippen LogP contribution is 2.27. The zero-order valence-electron chi connectivity index (χ0n) is 11.2. The van der Waals surface area contributed by atoms with E-state index >= 15 is 0 Å². The van der Waals surface area contributed by atoms with Crippen molar-refractivity contribution in [1.29, 1.82) is 5.26 Å². The third-order valence-corrected chi connectivity index (χ3v) is 3.05. The smallest absolute Gasteiger partial charge is 0.230 e. The average molecular weight is 276 g/mol. The summed E-state index contributed by atoms with van der Waals surface area (Å²) >= 11 is 0. The molecule has 0 fully saturated rings. The highest BCUT2D eigenvalue weighted by molar-refractivity contribution is 5.85. The van der Waals surface area contributed by atoms with Crippen molar-refractivity contribution < 1.29 is 4.74 Å². The Bertz CT molecular complexity index is 822. The maximum Gasteiger partial charge on any atom is 0.230 e. The maximum absolute atomic E-state index is 8.66. The Morgan fingerprint density at radius 3 is 2.67 bits per heavy atom. The van der Waals surface area contributed by atoms with Gasteiger partial charge in [-0.15, -0.1) is 0 Å². The lowest BCUT2D eigenvalue weighted by Crippen LogP contribution is -1.93. The van der Waals surface area contributed by atoms with Crippen LogP contribution >= 0.6 is 0 Å². The molecule has 0 unspecified atom stereocenters. The largest absolute Gasteiger partial charge is 0.438 e. The molecule has 5 heteroatoms. The van der Waals surface area contributed by atoms with Crippen LogP contribution < -0.4 is 10.5 Å². The van der Waals surface area contributed by atoms with E-state index in [0.717, 1.165) is 16.5 Å². The molecule has 102 valence electrons. The topological polar surface area (TPSA) is 84.8 Å². The molecule has 3 rings (SSSR count). The van der Waals surface area contributed by atoms with Crippen LogP contribution in [0.25, 0.3) is 10.9 Å². The van der Waals surface area contributed by atoms with Gasteiger partial charge in [0.25, 0.3) is 0 Å². The van der Waals surface area contributed by atoms with Crippen molar-refractivity contribution in [1.82, 2.24) is 9.97 Å². The lowest BCUT2D eigenvalue weighted by molar-refractivity contribution is 0.468. The molecule has 2 aromatic carbocycles. The molecule has 0 saturated heterocycles. The Morgan fingerprint density at radius 2 is 1.90 bits per heavy atom. The van der Waals surface area contributed by atoms with Gasteiger partial charge in [0.05, 0.1) is 23.4 Å². The molecule has 0 bridgehead atoms. The van der Waals surface area contributed by atoms with Crippen LogP contribution in [0.4, 0.5) is 5.69 Å². The highest BCUT2D eigenvalue weighted by atomic mass is 16.5. The molecule has 2 N–H and O–H groups in total. The number of anilines is 1. The second-order valence-corrected chi connectivity index (χ2v) is 4.54. The van der Waals surface area contributed by atoms with Crippen molar-refractivity contribution in [2.45, 2.75) is 6.42 Å². The first-order valence-corrected chi connectivity index (χ1v) is 6.40. The van der Waals surface area contributed by atoms with Crippen molar-refractivity contribution in [3.8, 4) is 17.7 Å². The molecule has 1 heterocycles. The van der Waals surface area contributed by atoms with Crippen LogP contribution in [0, 0.1) is 11.3 Å². The molecule has 0 spiro atoms. The molecule has 0 saturated carbocycles. The van der Waals surface area contributed by atoms with Gasteiger partial charge in [-0.3, -0.25) is 0 Å². The van der Waals surface area contributed by atoms with E-state index < -0.39 is 0 Å². The summed E-state index contributed by atoms with van der Waals surface area (Å²) in [5.41, 5.74) is 8.08. The van der Waals surface area contributed by atoms with E-state index in [2.05, 4.69) is 16.0 Å². The Hall–Kier alpha value is -3.13. The minimum Gasteiger partial charge on any atom is -0.438 e. The van der Waals surface area contributed by atoms with Crippen molar-refractivity contribution in [2.24, 2.45) is 0 Å². The number of aromatic nitrogens is 2. The van der Waals surface area contributed by atoms with E-state index in [1.54, 1.807) is 12.1 Å². The predicted octanol–water partition coefficient (Wildman–Crippen LogP) is 3.07. The van der Waals surface area contributed by atoms with Gasteiger partial charge in [0.15, 0.2) is 0 Å². The van der Waals surface area contributed by atoms with Crippen LogP contribution in [-0.4, -0.2) is 9.97 Å². The van der Waals surface area contributed by atoms with Gasteiger partial charge in [-0.05, 0) is 35.9 Å². The Balaban J connectivity index is 1.93. The van der Waals surface area contributed by atoms with Gasteiger partial charge < -0.3 is 10.5 Å². The van der Waals surface area contributed by atoms with Gasteiger partial charge in [0, 0.05) is 5.69 Å². The monoisotopic (exact) mass is 276 g/mol. The molecule has 3 aromatic rings. The quantitative estimate of drug-likeness (QED) is 0.743. The van der Waals surface area contributed by atoms with E-state index in [1.165, 1.54) is 6.33 Å². The van der Waals surface area contributed by atoms with Gasteiger partial charge in [0.2, 0.25) is 5.88 Å². The molecule has 0 aliphatic rings. The van der Waals surface area contributed by atoms with E-state index in [0.29, 0.717) is 23.7 Å². The van der Waals surface area contributed by atoms with Crippen molar-refractivity contribution in [2.75, 3.05) is 5.73 Å². The molecule has 0 amide bonds. The number of nitrogens with two attached hydrogens (primary N) is 1. The molecule has 5 nitrogen and oxygen atoms in total. The summed E-state index contributed by atoms with van der Waals surface area (Å²) in [4.78, 5) is 8.34. The molecular weight excluding hydrogens is 264 g/mol. The third kappa shape index (κ3) is 2.74. The van der Waals surface area contributed by atoms with Crippen LogP contribution in [0.15, 0.2) is 48.8 Å². The first kappa shape index (κ1) is 12.9. The van der Waals surface area contributed by atoms with E-state index in [1.807, 2.05) is 30.3 Å². The number of ether oxygens (including phenoxy) is 1. The zero-order chi connectivity index (χ0) is 14.7. The number of benzene rings is 2. The van der Waals surface area contributed by atoms with Crippen molar-refractivity contribution in [3.05, 3.63) is 54.4 Å². The van der Waals surface area contributed by atoms with Gasteiger partial charge >= 0.3 is 0 Å². The Kier molecular flexibility index (Phi) is 3.36. The summed E-state index contributed by atoms with van der Waals surface area (Å²) in [5, 5.41) is 9.46. The molecule has 21 heavy (non-hydrogen) atoms. The average Bonchev–Trinajstić information content (AvgIpc) is 2.49. The summed E-state index contributed by atoms with van der Waals surface area (Å²) < 4.78 is 5.79. The maximum atomic E-state index is 8.66. The van der Waals surface area contributed by atoms with Crippen LogP contribution in [0.2, 0.25) is 0 Å². The number of nitriles is 1. The normalized spacial score (nSPS) is 10.2. The van der Waals surface area contributed by atoms with Gasteiger partial charge in [-0.2, -0.15) is 5.26 Å². The predicted molar refractivity (Wildman–Crippen MR) is 79.8 cm³/mol. The van der Waals surface area contributed by atoms with Crippen LogP contribution in [0.5, 0.6) is 11.6 Å². The van der Waals surface area contributed by atoms with E-state index in [-0.39, 0.29) is 0 Å². The number of nitrogens with zero attached hydrogens (tertiary/aromatic N) is 3. The Morgan fingerprint density at radius 1 is 1.10 bits per heavy atom. The SMILES string of the molecule is N#CCc1ccc(Oc2ncnc3cc(N)ccc23)cc1. The van der Waals surface area contributed by atoms with Crippen LogP contribution in [0.1, 0.15) is 5.56 Å². The van der Waals surface area contributed by atoms with Crippen molar-refractivity contribution in [3.63, 3.8) is 0 Å². The first-order valence-electron chi connectivity index (χ1n) is 6.40. The lowest BCUT2D eigenvalue weighted by Gasteiger charge is -2.08. The summed E-state index contributed by atoms with van der Waals surface area (Å²) in [5.74, 6) is 1.14.